The Morgan fingerprint density at radius 2 is 2.00 bits per heavy atom. The normalized spacial score (nSPS) is 26.8. The molecule has 0 aromatic rings. The van der Waals surface area contributed by atoms with Crippen molar-refractivity contribution in [1.82, 2.24) is 5.32 Å². The SMILES string of the molecule is CC(C)CNCCCCC1CC1C. The molecule has 0 spiro atoms. The van der Waals surface area contributed by atoms with Crippen LogP contribution in [0.2, 0.25) is 0 Å². The monoisotopic (exact) mass is 183 g/mol. The smallest absolute Gasteiger partial charge is 0.00258 e. The van der Waals surface area contributed by atoms with Crippen LogP contribution in [-0.4, -0.2) is 13.1 Å². The van der Waals surface area contributed by atoms with Gasteiger partial charge in [0.25, 0.3) is 0 Å². The van der Waals surface area contributed by atoms with Gasteiger partial charge in [-0.05, 0) is 43.7 Å². The fourth-order valence-electron chi connectivity index (χ4n) is 1.85. The van der Waals surface area contributed by atoms with Crippen LogP contribution in [0.5, 0.6) is 0 Å². The summed E-state index contributed by atoms with van der Waals surface area (Å²) in [6.07, 6.45) is 5.78. The summed E-state index contributed by atoms with van der Waals surface area (Å²) in [5, 5.41) is 3.49. The zero-order valence-electron chi connectivity index (χ0n) is 9.47. The molecule has 78 valence electrons. The summed E-state index contributed by atoms with van der Waals surface area (Å²) in [7, 11) is 0. The largest absolute Gasteiger partial charge is 0.316 e. The fraction of sp³-hybridized carbons (Fsp3) is 1.00. The molecular weight excluding hydrogens is 158 g/mol. The Morgan fingerprint density at radius 3 is 2.54 bits per heavy atom. The van der Waals surface area contributed by atoms with Gasteiger partial charge in [-0.1, -0.05) is 33.6 Å². The molecule has 1 aliphatic rings. The third kappa shape index (κ3) is 5.30. The minimum absolute atomic E-state index is 0.795. The van der Waals surface area contributed by atoms with Crippen LogP contribution >= 0.6 is 0 Å². The van der Waals surface area contributed by atoms with Crippen molar-refractivity contribution in [3.8, 4) is 0 Å². The van der Waals surface area contributed by atoms with Crippen LogP contribution in [0.15, 0.2) is 0 Å². The van der Waals surface area contributed by atoms with Gasteiger partial charge >= 0.3 is 0 Å². The molecule has 0 aromatic carbocycles. The number of hydrogen-bond donors (Lipinski definition) is 1. The molecule has 0 aliphatic heterocycles. The van der Waals surface area contributed by atoms with E-state index < -0.39 is 0 Å². The Morgan fingerprint density at radius 1 is 1.31 bits per heavy atom. The second-order valence-corrected chi connectivity index (χ2v) is 5.07. The molecule has 1 rings (SSSR count). The Labute approximate surface area is 83.3 Å². The second-order valence-electron chi connectivity index (χ2n) is 5.07. The van der Waals surface area contributed by atoms with E-state index >= 15 is 0 Å². The average molecular weight is 183 g/mol. The lowest BCUT2D eigenvalue weighted by molar-refractivity contribution is 0.519. The summed E-state index contributed by atoms with van der Waals surface area (Å²) in [4.78, 5) is 0. The van der Waals surface area contributed by atoms with Gasteiger partial charge in [-0.25, -0.2) is 0 Å². The molecule has 0 saturated heterocycles. The first-order chi connectivity index (χ1) is 6.20. The molecule has 0 amide bonds. The van der Waals surface area contributed by atoms with Gasteiger partial charge in [-0.2, -0.15) is 0 Å². The maximum absolute atomic E-state index is 3.49. The molecule has 1 N–H and O–H groups in total. The van der Waals surface area contributed by atoms with Crippen molar-refractivity contribution in [3.05, 3.63) is 0 Å². The molecule has 2 atom stereocenters. The lowest BCUT2D eigenvalue weighted by Crippen LogP contribution is -2.20. The van der Waals surface area contributed by atoms with Crippen LogP contribution in [0.1, 0.15) is 46.5 Å². The van der Waals surface area contributed by atoms with Gasteiger partial charge < -0.3 is 5.32 Å². The third-order valence-corrected chi connectivity index (χ3v) is 3.01. The van der Waals surface area contributed by atoms with Crippen LogP contribution in [0.25, 0.3) is 0 Å². The predicted octanol–water partition coefficient (Wildman–Crippen LogP) is 3.06. The van der Waals surface area contributed by atoms with Crippen LogP contribution in [-0.2, 0) is 0 Å². The third-order valence-electron chi connectivity index (χ3n) is 3.01. The van der Waals surface area contributed by atoms with Crippen molar-refractivity contribution in [1.29, 1.82) is 0 Å². The van der Waals surface area contributed by atoms with E-state index in [0.717, 1.165) is 17.8 Å². The Hall–Kier alpha value is -0.0400. The van der Waals surface area contributed by atoms with Crippen LogP contribution in [0.3, 0.4) is 0 Å². The first-order valence-corrected chi connectivity index (χ1v) is 5.91. The minimum atomic E-state index is 0.795. The molecule has 0 radical (unpaired) electrons. The van der Waals surface area contributed by atoms with E-state index in [2.05, 4.69) is 26.1 Å². The first kappa shape index (κ1) is 11.0. The summed E-state index contributed by atoms with van der Waals surface area (Å²) in [6, 6.07) is 0. The lowest BCUT2D eigenvalue weighted by atomic mass is 10.1. The molecule has 1 nitrogen and oxygen atoms in total. The van der Waals surface area contributed by atoms with Crippen molar-refractivity contribution in [2.24, 2.45) is 17.8 Å². The van der Waals surface area contributed by atoms with Crippen LogP contribution in [0.4, 0.5) is 0 Å². The van der Waals surface area contributed by atoms with Gasteiger partial charge in [0.15, 0.2) is 0 Å². The predicted molar refractivity (Wildman–Crippen MR) is 58.8 cm³/mol. The zero-order chi connectivity index (χ0) is 9.68. The summed E-state index contributed by atoms with van der Waals surface area (Å²) in [5.74, 6) is 2.93. The molecular formula is C12H25N. The number of rotatable bonds is 7. The Balaban J connectivity index is 1.74. The molecule has 1 fully saturated rings. The molecule has 0 bridgehead atoms. The highest BCUT2D eigenvalue weighted by atomic mass is 14.8. The second kappa shape index (κ2) is 5.64. The standard InChI is InChI=1S/C12H25N/c1-10(2)9-13-7-5-4-6-12-8-11(12)3/h10-13H,4-9H2,1-3H3. The molecule has 0 heterocycles. The molecule has 1 saturated carbocycles. The topological polar surface area (TPSA) is 12.0 Å². The van der Waals surface area contributed by atoms with Crippen molar-refractivity contribution in [3.63, 3.8) is 0 Å². The Kier molecular flexibility index (Phi) is 4.79. The van der Waals surface area contributed by atoms with Gasteiger partial charge in [-0.15, -0.1) is 0 Å². The number of unbranched alkanes of at least 4 members (excludes halogenated alkanes) is 1. The highest BCUT2D eigenvalue weighted by molar-refractivity contribution is 4.81. The summed E-state index contributed by atoms with van der Waals surface area (Å²) in [6.45, 7) is 9.30. The van der Waals surface area contributed by atoms with E-state index in [0.29, 0.717) is 0 Å². The zero-order valence-corrected chi connectivity index (χ0v) is 9.47. The van der Waals surface area contributed by atoms with E-state index in [1.54, 1.807) is 0 Å². The summed E-state index contributed by atoms with van der Waals surface area (Å²) < 4.78 is 0. The van der Waals surface area contributed by atoms with Crippen LogP contribution < -0.4 is 5.32 Å². The van der Waals surface area contributed by atoms with Crippen molar-refractivity contribution in [2.75, 3.05) is 13.1 Å². The van der Waals surface area contributed by atoms with E-state index in [1.807, 2.05) is 0 Å². The highest BCUT2D eigenvalue weighted by Gasteiger charge is 2.31. The maximum Gasteiger partial charge on any atom is -0.00258 e. The number of hydrogen-bond acceptors (Lipinski definition) is 1. The van der Waals surface area contributed by atoms with Crippen molar-refractivity contribution >= 4 is 0 Å². The highest BCUT2D eigenvalue weighted by Crippen LogP contribution is 2.41. The van der Waals surface area contributed by atoms with E-state index in [1.165, 1.54) is 38.8 Å². The maximum atomic E-state index is 3.49. The summed E-state index contributed by atoms with van der Waals surface area (Å²) >= 11 is 0. The van der Waals surface area contributed by atoms with Crippen molar-refractivity contribution in [2.45, 2.75) is 46.5 Å². The quantitative estimate of drug-likeness (QED) is 0.598. The lowest BCUT2D eigenvalue weighted by Gasteiger charge is -2.06. The fourth-order valence-corrected chi connectivity index (χ4v) is 1.85. The first-order valence-electron chi connectivity index (χ1n) is 5.91. The van der Waals surface area contributed by atoms with Gasteiger partial charge in [0, 0.05) is 0 Å². The average Bonchev–Trinajstić information content (AvgIpc) is 2.74. The van der Waals surface area contributed by atoms with E-state index in [9.17, 15) is 0 Å². The minimum Gasteiger partial charge on any atom is -0.316 e. The number of nitrogens with one attached hydrogen (secondary N) is 1. The van der Waals surface area contributed by atoms with E-state index in [4.69, 9.17) is 0 Å². The van der Waals surface area contributed by atoms with Gasteiger partial charge in [-0.3, -0.25) is 0 Å². The summed E-state index contributed by atoms with van der Waals surface area (Å²) in [5.41, 5.74) is 0. The van der Waals surface area contributed by atoms with Gasteiger partial charge in [0.2, 0.25) is 0 Å². The van der Waals surface area contributed by atoms with Gasteiger partial charge in [0.05, 0.1) is 0 Å². The Bertz CT molecular complexity index is 131. The molecule has 1 aliphatic carbocycles. The van der Waals surface area contributed by atoms with E-state index in [-0.39, 0.29) is 0 Å². The molecule has 2 unspecified atom stereocenters. The molecule has 0 aromatic heterocycles. The van der Waals surface area contributed by atoms with Crippen molar-refractivity contribution < 1.29 is 0 Å². The van der Waals surface area contributed by atoms with Crippen LogP contribution in [0, 0.1) is 17.8 Å². The molecule has 1 heteroatoms. The van der Waals surface area contributed by atoms with Gasteiger partial charge in [0.1, 0.15) is 0 Å². The molecule has 13 heavy (non-hydrogen) atoms.